The van der Waals surface area contributed by atoms with Crippen LogP contribution in [-0.4, -0.2) is 39.3 Å². The molecule has 3 rings (SSSR count). The molecule has 2 N–H and O–H groups in total. The third-order valence-corrected chi connectivity index (χ3v) is 4.58. The summed E-state index contributed by atoms with van der Waals surface area (Å²) < 4.78 is 1.42. The highest BCUT2D eigenvalue weighted by Crippen LogP contribution is 2.20. The molecule has 2 aromatic heterocycles. The lowest BCUT2D eigenvalue weighted by atomic mass is 9.92. The van der Waals surface area contributed by atoms with E-state index in [1.165, 1.54) is 10.6 Å². The maximum Gasteiger partial charge on any atom is 0.270 e. The van der Waals surface area contributed by atoms with Crippen molar-refractivity contribution in [1.29, 1.82) is 0 Å². The van der Waals surface area contributed by atoms with Crippen LogP contribution < -0.4 is 11.3 Å². The summed E-state index contributed by atoms with van der Waals surface area (Å²) in [5.41, 5.74) is 7.35. The molecule has 0 spiro atoms. The molecule has 6 heteroatoms. The first kappa shape index (κ1) is 15.7. The largest absolute Gasteiger partial charge is 0.338 e. The highest BCUT2D eigenvalue weighted by atomic mass is 16.2. The van der Waals surface area contributed by atoms with Crippen molar-refractivity contribution in [3.63, 3.8) is 0 Å². The fraction of sp³-hybridized carbons (Fsp3) is 0.471. The summed E-state index contributed by atoms with van der Waals surface area (Å²) in [6.07, 6.45) is 5.00. The molecule has 3 heterocycles. The Balaban J connectivity index is 1.93. The van der Waals surface area contributed by atoms with Crippen LogP contribution in [0.15, 0.2) is 29.3 Å². The van der Waals surface area contributed by atoms with Gasteiger partial charge in [0.05, 0.1) is 0 Å². The fourth-order valence-electron chi connectivity index (χ4n) is 3.12. The molecule has 1 saturated heterocycles. The van der Waals surface area contributed by atoms with Crippen molar-refractivity contribution in [1.82, 2.24) is 14.3 Å². The molecule has 0 aromatic carbocycles. The summed E-state index contributed by atoms with van der Waals surface area (Å²) >= 11 is 0. The molecule has 1 aliphatic rings. The standard InChI is InChI=1S/C17H22N4O2/c1-11-5-7-21-15(8-11)19-9-14(17(21)23)16(22)20-6-3-4-13(10-20)12(2)18/h5,7-9,12-13H,3-4,6,10,18H2,1-2H3. The molecule has 1 fully saturated rings. The first-order valence-corrected chi connectivity index (χ1v) is 8.00. The van der Waals surface area contributed by atoms with Crippen LogP contribution in [0.3, 0.4) is 0 Å². The van der Waals surface area contributed by atoms with Crippen LogP contribution in [-0.2, 0) is 0 Å². The van der Waals surface area contributed by atoms with Crippen molar-refractivity contribution in [3.05, 3.63) is 46.0 Å². The Morgan fingerprint density at radius 2 is 2.26 bits per heavy atom. The van der Waals surface area contributed by atoms with E-state index in [0.29, 0.717) is 18.7 Å². The van der Waals surface area contributed by atoms with Crippen LogP contribution in [0, 0.1) is 12.8 Å². The molecule has 6 nitrogen and oxygen atoms in total. The number of nitrogens with zero attached hydrogens (tertiary/aromatic N) is 3. The molecular formula is C17H22N4O2. The molecule has 0 bridgehead atoms. The molecule has 0 aliphatic carbocycles. The quantitative estimate of drug-likeness (QED) is 0.903. The van der Waals surface area contributed by atoms with E-state index in [1.54, 1.807) is 11.1 Å². The van der Waals surface area contributed by atoms with Gasteiger partial charge in [0.25, 0.3) is 11.5 Å². The number of hydrogen-bond donors (Lipinski definition) is 1. The molecule has 2 unspecified atom stereocenters. The van der Waals surface area contributed by atoms with E-state index < -0.39 is 0 Å². The summed E-state index contributed by atoms with van der Waals surface area (Å²) in [7, 11) is 0. The minimum atomic E-state index is -0.317. The molecule has 1 amide bonds. The van der Waals surface area contributed by atoms with Gasteiger partial charge in [-0.25, -0.2) is 4.98 Å². The molecule has 2 aromatic rings. The van der Waals surface area contributed by atoms with Gasteiger partial charge in [0, 0.05) is 31.5 Å². The monoisotopic (exact) mass is 314 g/mol. The van der Waals surface area contributed by atoms with Gasteiger partial charge in [-0.1, -0.05) is 0 Å². The summed E-state index contributed by atoms with van der Waals surface area (Å²) in [5, 5.41) is 0. The summed E-state index contributed by atoms with van der Waals surface area (Å²) in [6, 6.07) is 3.70. The van der Waals surface area contributed by atoms with E-state index in [0.717, 1.165) is 18.4 Å². The van der Waals surface area contributed by atoms with E-state index >= 15 is 0 Å². The summed E-state index contributed by atoms with van der Waals surface area (Å²) in [5.74, 6) is 0.0364. The highest BCUT2D eigenvalue weighted by Gasteiger charge is 2.28. The number of amides is 1. The molecule has 1 aliphatic heterocycles. The van der Waals surface area contributed by atoms with Gasteiger partial charge in [0.15, 0.2) is 0 Å². The van der Waals surface area contributed by atoms with Crippen molar-refractivity contribution in [2.45, 2.75) is 32.7 Å². The van der Waals surface area contributed by atoms with E-state index in [9.17, 15) is 9.59 Å². The van der Waals surface area contributed by atoms with E-state index in [-0.39, 0.29) is 29.0 Å². The van der Waals surface area contributed by atoms with E-state index in [1.807, 2.05) is 26.0 Å². The molecule has 23 heavy (non-hydrogen) atoms. The van der Waals surface area contributed by atoms with E-state index in [2.05, 4.69) is 4.98 Å². The second-order valence-electron chi connectivity index (χ2n) is 6.42. The van der Waals surface area contributed by atoms with Gasteiger partial charge in [-0.15, -0.1) is 0 Å². The van der Waals surface area contributed by atoms with Crippen molar-refractivity contribution in [2.75, 3.05) is 13.1 Å². The number of aryl methyl sites for hydroxylation is 1. The Hall–Kier alpha value is -2.21. The maximum absolute atomic E-state index is 12.7. The van der Waals surface area contributed by atoms with Crippen LogP contribution in [0.4, 0.5) is 0 Å². The minimum absolute atomic E-state index is 0.0457. The fourth-order valence-corrected chi connectivity index (χ4v) is 3.12. The first-order chi connectivity index (χ1) is 11.0. The van der Waals surface area contributed by atoms with Crippen molar-refractivity contribution < 1.29 is 4.79 Å². The smallest absolute Gasteiger partial charge is 0.270 e. The molecule has 122 valence electrons. The van der Waals surface area contributed by atoms with Crippen LogP contribution in [0.1, 0.15) is 35.7 Å². The number of pyridine rings is 1. The number of nitrogens with two attached hydrogens (primary N) is 1. The Morgan fingerprint density at radius 3 is 3.00 bits per heavy atom. The number of carbonyl (C=O) groups is 1. The normalized spacial score (nSPS) is 19.8. The average Bonchev–Trinajstić information content (AvgIpc) is 2.54. The van der Waals surface area contributed by atoms with Gasteiger partial charge in [-0.3, -0.25) is 14.0 Å². The highest BCUT2D eigenvalue weighted by molar-refractivity contribution is 5.93. The predicted molar refractivity (Wildman–Crippen MR) is 88.5 cm³/mol. The first-order valence-electron chi connectivity index (χ1n) is 8.00. The summed E-state index contributed by atoms with van der Waals surface area (Å²) in [4.78, 5) is 31.3. The Bertz CT molecular complexity index is 797. The SMILES string of the molecule is Cc1ccn2c(=O)c(C(=O)N3CCCC(C(C)N)C3)cnc2c1. The number of likely N-dealkylation sites (tertiary alicyclic amines) is 1. The number of aromatic nitrogens is 2. The van der Waals surface area contributed by atoms with Gasteiger partial charge in [0.2, 0.25) is 0 Å². The van der Waals surface area contributed by atoms with Crippen LogP contribution in [0.2, 0.25) is 0 Å². The van der Waals surface area contributed by atoms with Crippen molar-refractivity contribution in [2.24, 2.45) is 11.7 Å². The number of piperidine rings is 1. The lowest BCUT2D eigenvalue weighted by Gasteiger charge is -2.34. The minimum Gasteiger partial charge on any atom is -0.338 e. The second kappa shape index (κ2) is 6.12. The number of rotatable bonds is 2. The molecule has 0 radical (unpaired) electrons. The molecular weight excluding hydrogens is 292 g/mol. The lowest BCUT2D eigenvalue weighted by molar-refractivity contribution is 0.0658. The Labute approximate surface area is 134 Å². The Morgan fingerprint density at radius 1 is 1.48 bits per heavy atom. The van der Waals surface area contributed by atoms with Crippen LogP contribution in [0.25, 0.3) is 5.65 Å². The molecule has 2 atom stereocenters. The van der Waals surface area contributed by atoms with Crippen molar-refractivity contribution >= 4 is 11.6 Å². The number of hydrogen-bond acceptors (Lipinski definition) is 4. The van der Waals surface area contributed by atoms with Gasteiger partial charge in [-0.05, 0) is 50.3 Å². The van der Waals surface area contributed by atoms with E-state index in [4.69, 9.17) is 5.73 Å². The van der Waals surface area contributed by atoms with Gasteiger partial charge < -0.3 is 10.6 Å². The van der Waals surface area contributed by atoms with Gasteiger partial charge >= 0.3 is 0 Å². The number of fused-ring (bicyclic) bond motifs is 1. The topological polar surface area (TPSA) is 80.7 Å². The van der Waals surface area contributed by atoms with Crippen LogP contribution in [0.5, 0.6) is 0 Å². The van der Waals surface area contributed by atoms with Crippen molar-refractivity contribution in [3.8, 4) is 0 Å². The zero-order valence-corrected chi connectivity index (χ0v) is 13.5. The second-order valence-corrected chi connectivity index (χ2v) is 6.42. The lowest BCUT2D eigenvalue weighted by Crippen LogP contribution is -2.46. The third kappa shape index (κ3) is 2.99. The number of carbonyl (C=O) groups excluding carboxylic acids is 1. The average molecular weight is 314 g/mol. The molecule has 0 saturated carbocycles. The van der Waals surface area contributed by atoms with Gasteiger partial charge in [0.1, 0.15) is 11.2 Å². The van der Waals surface area contributed by atoms with Crippen LogP contribution >= 0.6 is 0 Å². The third-order valence-electron chi connectivity index (χ3n) is 4.58. The zero-order valence-electron chi connectivity index (χ0n) is 13.5. The summed E-state index contributed by atoms with van der Waals surface area (Å²) in [6.45, 7) is 5.17. The Kier molecular flexibility index (Phi) is 4.17. The maximum atomic E-state index is 12.7. The van der Waals surface area contributed by atoms with Gasteiger partial charge in [-0.2, -0.15) is 0 Å². The predicted octanol–water partition coefficient (Wildman–Crippen LogP) is 1.20. The zero-order chi connectivity index (χ0) is 16.6.